The number of nitrogens with zero attached hydrogens (tertiary/aromatic N) is 1. The summed E-state index contributed by atoms with van der Waals surface area (Å²) in [6.45, 7) is 1.76. The van der Waals surface area contributed by atoms with Crippen LogP contribution in [-0.4, -0.2) is 39.4 Å². The molecule has 1 aromatic rings. The average molecular weight is 287 g/mol. The number of aliphatic hydroxyl groups is 1. The second-order valence-corrected chi connectivity index (χ2v) is 5.96. The fraction of sp³-hybridized carbons (Fsp3) is 0.417. The second-order valence-electron chi connectivity index (χ2n) is 3.94. The zero-order chi connectivity index (χ0) is 14.6. The summed E-state index contributed by atoms with van der Waals surface area (Å²) in [6.07, 6.45) is -0.471. The molecule has 1 aromatic carbocycles. The number of aliphatic hydroxyl groups excluding tert-OH is 1. The van der Waals surface area contributed by atoms with Crippen LogP contribution in [0.2, 0.25) is 0 Å². The predicted octanol–water partition coefficient (Wildman–Crippen LogP) is 0.679. The molecule has 0 fully saturated rings. The Balaban J connectivity index is 3.19. The van der Waals surface area contributed by atoms with Crippen molar-refractivity contribution in [3.8, 4) is 0 Å². The fourth-order valence-corrected chi connectivity index (χ4v) is 2.06. The smallest absolute Gasteiger partial charge is 0.339 e. The number of carbonyl (C=O) groups excluding carboxylic acids is 1. The molecule has 7 heteroatoms. The number of hydrogen-bond donors (Lipinski definition) is 1. The molecule has 0 bridgehead atoms. The summed E-state index contributed by atoms with van der Waals surface area (Å²) in [6, 6.07) is 6.23. The Morgan fingerprint density at radius 2 is 2.00 bits per heavy atom. The predicted molar refractivity (Wildman–Crippen MR) is 71.3 cm³/mol. The van der Waals surface area contributed by atoms with Crippen LogP contribution >= 0.6 is 0 Å². The lowest BCUT2D eigenvalue weighted by atomic mass is 10.1. The van der Waals surface area contributed by atoms with E-state index in [9.17, 15) is 18.3 Å². The molecule has 0 aliphatic carbocycles. The number of esters is 1. The van der Waals surface area contributed by atoms with Gasteiger partial charge < -0.3 is 9.84 Å². The van der Waals surface area contributed by atoms with E-state index in [1.807, 2.05) is 0 Å². The molecule has 0 radical (unpaired) electrons. The average Bonchev–Trinajstić information content (AvgIpc) is 2.36. The highest BCUT2D eigenvalue weighted by molar-refractivity contribution is 7.92. The largest absolute Gasteiger partial charge is 0.464 e. The molecule has 1 N–H and O–H groups in total. The van der Waals surface area contributed by atoms with Crippen molar-refractivity contribution in [3.05, 3.63) is 29.8 Å². The van der Waals surface area contributed by atoms with Crippen molar-refractivity contribution in [2.45, 2.75) is 13.0 Å². The lowest BCUT2D eigenvalue weighted by molar-refractivity contribution is -0.153. The van der Waals surface area contributed by atoms with E-state index < -0.39 is 22.1 Å². The first kappa shape index (κ1) is 15.5. The molecule has 0 aliphatic rings. The first-order valence-corrected chi connectivity index (χ1v) is 7.51. The van der Waals surface area contributed by atoms with Crippen molar-refractivity contribution in [1.82, 2.24) is 0 Å². The van der Waals surface area contributed by atoms with E-state index in [1.165, 1.54) is 19.2 Å². The molecule has 0 saturated carbocycles. The molecule has 0 aliphatic heterocycles. The first-order chi connectivity index (χ1) is 8.79. The topological polar surface area (TPSA) is 83.9 Å². The Hall–Kier alpha value is -1.60. The third-order valence-electron chi connectivity index (χ3n) is 2.58. The van der Waals surface area contributed by atoms with Gasteiger partial charge in [0.25, 0.3) is 0 Å². The van der Waals surface area contributed by atoms with Crippen molar-refractivity contribution in [2.75, 3.05) is 24.2 Å². The van der Waals surface area contributed by atoms with Gasteiger partial charge in [0.2, 0.25) is 10.0 Å². The molecule has 1 atom stereocenters. The Morgan fingerprint density at radius 3 is 2.53 bits per heavy atom. The second kappa shape index (κ2) is 6.03. The highest BCUT2D eigenvalue weighted by Crippen LogP contribution is 2.27. The van der Waals surface area contributed by atoms with Gasteiger partial charge in [-0.3, -0.25) is 4.31 Å². The van der Waals surface area contributed by atoms with Gasteiger partial charge >= 0.3 is 5.97 Å². The summed E-state index contributed by atoms with van der Waals surface area (Å²) >= 11 is 0. The van der Waals surface area contributed by atoms with E-state index in [0.29, 0.717) is 0 Å². The Bertz CT molecular complexity index is 555. The quantitative estimate of drug-likeness (QED) is 0.805. The third-order valence-corrected chi connectivity index (χ3v) is 3.77. The standard InChI is InChI=1S/C12H17NO5S/c1-4-18-12(15)11(14)9-7-5-6-8-10(9)13(2)19(3,16)17/h5-8,11,14H,4H2,1-3H3. The maximum atomic E-state index is 11.5. The normalized spacial score (nSPS) is 12.8. The molecule has 0 saturated heterocycles. The van der Waals surface area contributed by atoms with Gasteiger partial charge in [-0.1, -0.05) is 18.2 Å². The molecule has 0 heterocycles. The summed E-state index contributed by atoms with van der Waals surface area (Å²) in [5.41, 5.74) is 0.430. The number of hydrogen-bond acceptors (Lipinski definition) is 5. The van der Waals surface area contributed by atoms with E-state index in [1.54, 1.807) is 19.1 Å². The SMILES string of the molecule is CCOC(=O)C(O)c1ccccc1N(C)S(C)(=O)=O. The molecule has 0 aromatic heterocycles. The molecular weight excluding hydrogens is 270 g/mol. The zero-order valence-electron chi connectivity index (χ0n) is 11.0. The number of para-hydroxylation sites is 1. The fourth-order valence-electron chi connectivity index (χ4n) is 1.53. The minimum Gasteiger partial charge on any atom is -0.464 e. The Morgan fingerprint density at radius 1 is 1.42 bits per heavy atom. The monoisotopic (exact) mass is 287 g/mol. The van der Waals surface area contributed by atoms with Crippen LogP contribution in [-0.2, 0) is 19.6 Å². The molecule has 6 nitrogen and oxygen atoms in total. The molecule has 106 valence electrons. The third kappa shape index (κ3) is 3.68. The highest BCUT2D eigenvalue weighted by atomic mass is 32.2. The van der Waals surface area contributed by atoms with E-state index >= 15 is 0 Å². The van der Waals surface area contributed by atoms with Gasteiger partial charge in [0.15, 0.2) is 6.10 Å². The van der Waals surface area contributed by atoms with Crippen molar-refractivity contribution >= 4 is 21.7 Å². The van der Waals surface area contributed by atoms with E-state index in [2.05, 4.69) is 0 Å². The van der Waals surface area contributed by atoms with Gasteiger partial charge in [-0.25, -0.2) is 13.2 Å². The van der Waals surface area contributed by atoms with Gasteiger partial charge in [-0.05, 0) is 13.0 Å². The molecule has 1 rings (SSSR count). The lowest BCUT2D eigenvalue weighted by Crippen LogP contribution is -2.27. The number of ether oxygens (including phenoxy) is 1. The molecule has 19 heavy (non-hydrogen) atoms. The van der Waals surface area contributed by atoms with E-state index in [0.717, 1.165) is 10.6 Å². The summed E-state index contributed by atoms with van der Waals surface area (Å²) in [7, 11) is -2.13. The van der Waals surface area contributed by atoms with Crippen LogP contribution in [0.15, 0.2) is 24.3 Å². The minimum absolute atomic E-state index is 0.139. The number of carbonyl (C=O) groups is 1. The lowest BCUT2D eigenvalue weighted by Gasteiger charge is -2.22. The summed E-state index contributed by atoms with van der Waals surface area (Å²) in [5, 5.41) is 9.92. The minimum atomic E-state index is -3.48. The Labute approximate surface area is 112 Å². The molecular formula is C12H17NO5S. The van der Waals surface area contributed by atoms with Gasteiger partial charge in [-0.2, -0.15) is 0 Å². The number of sulfonamides is 1. The van der Waals surface area contributed by atoms with Gasteiger partial charge in [0.05, 0.1) is 18.6 Å². The van der Waals surface area contributed by atoms with Crippen LogP contribution in [0.1, 0.15) is 18.6 Å². The molecule has 0 amide bonds. The van der Waals surface area contributed by atoms with Crippen LogP contribution in [0.25, 0.3) is 0 Å². The van der Waals surface area contributed by atoms with Crippen molar-refractivity contribution < 1.29 is 23.1 Å². The maximum Gasteiger partial charge on any atom is 0.339 e. The van der Waals surface area contributed by atoms with E-state index in [4.69, 9.17) is 4.74 Å². The van der Waals surface area contributed by atoms with Gasteiger partial charge in [0.1, 0.15) is 0 Å². The van der Waals surface area contributed by atoms with Crippen molar-refractivity contribution in [3.63, 3.8) is 0 Å². The highest BCUT2D eigenvalue weighted by Gasteiger charge is 2.25. The van der Waals surface area contributed by atoms with E-state index in [-0.39, 0.29) is 17.9 Å². The Kier molecular flexibility index (Phi) is 4.90. The number of anilines is 1. The summed E-state index contributed by atoms with van der Waals surface area (Å²) in [5.74, 6) is -0.808. The molecule has 1 unspecified atom stereocenters. The summed E-state index contributed by atoms with van der Waals surface area (Å²) in [4.78, 5) is 11.5. The van der Waals surface area contributed by atoms with Gasteiger partial charge in [0, 0.05) is 12.6 Å². The van der Waals surface area contributed by atoms with Crippen molar-refractivity contribution in [1.29, 1.82) is 0 Å². The van der Waals surface area contributed by atoms with Crippen molar-refractivity contribution in [2.24, 2.45) is 0 Å². The van der Waals surface area contributed by atoms with Crippen LogP contribution in [0.5, 0.6) is 0 Å². The van der Waals surface area contributed by atoms with Crippen LogP contribution < -0.4 is 4.31 Å². The number of rotatable bonds is 5. The van der Waals surface area contributed by atoms with Crippen LogP contribution in [0.4, 0.5) is 5.69 Å². The molecule has 0 spiro atoms. The number of benzene rings is 1. The maximum absolute atomic E-state index is 11.5. The van der Waals surface area contributed by atoms with Gasteiger partial charge in [-0.15, -0.1) is 0 Å². The van der Waals surface area contributed by atoms with Crippen LogP contribution in [0, 0.1) is 0 Å². The zero-order valence-corrected chi connectivity index (χ0v) is 11.8. The van der Waals surface area contributed by atoms with Crippen LogP contribution in [0.3, 0.4) is 0 Å². The first-order valence-electron chi connectivity index (χ1n) is 5.66. The summed E-state index contributed by atoms with van der Waals surface area (Å²) < 4.78 is 28.8.